The second kappa shape index (κ2) is 8.77. The third kappa shape index (κ3) is 6.07. The quantitative estimate of drug-likeness (QED) is 0.679. The molecule has 1 heterocycles. The number of amides is 1. The number of aliphatic hydroxyl groups is 1. The molecular weight excluding hydrogens is 248 g/mol. The van der Waals surface area contributed by atoms with Gasteiger partial charge in [0.2, 0.25) is 5.91 Å². The number of likely N-dealkylation sites (tertiary alicyclic amines) is 1. The molecule has 1 aliphatic rings. The van der Waals surface area contributed by atoms with Crippen LogP contribution < -0.4 is 5.32 Å². The maximum atomic E-state index is 11.7. The van der Waals surface area contributed by atoms with Gasteiger partial charge in [-0.15, -0.1) is 0 Å². The van der Waals surface area contributed by atoms with Crippen LogP contribution >= 0.6 is 11.8 Å². The van der Waals surface area contributed by atoms with Crippen molar-refractivity contribution in [2.75, 3.05) is 38.2 Å². The van der Waals surface area contributed by atoms with Crippen LogP contribution in [0.3, 0.4) is 0 Å². The minimum absolute atomic E-state index is 0.102. The number of piperidine rings is 1. The molecule has 1 saturated heterocycles. The molecule has 0 spiro atoms. The van der Waals surface area contributed by atoms with E-state index in [4.69, 9.17) is 0 Å². The summed E-state index contributed by atoms with van der Waals surface area (Å²) in [5.74, 6) is 1.15. The SMILES string of the molecule is CSCC(C)C(=O)NCCCN1CCC(O)CC1. The van der Waals surface area contributed by atoms with Crippen LogP contribution in [0.1, 0.15) is 26.2 Å². The fraction of sp³-hybridized carbons (Fsp3) is 0.923. The topological polar surface area (TPSA) is 52.6 Å². The van der Waals surface area contributed by atoms with E-state index in [1.165, 1.54) is 0 Å². The molecule has 106 valence electrons. The molecule has 1 fully saturated rings. The van der Waals surface area contributed by atoms with E-state index >= 15 is 0 Å². The third-order valence-corrected chi connectivity index (χ3v) is 4.21. The zero-order valence-corrected chi connectivity index (χ0v) is 12.3. The molecule has 5 heteroatoms. The summed E-state index contributed by atoms with van der Waals surface area (Å²) in [5, 5.41) is 12.4. The van der Waals surface area contributed by atoms with Gasteiger partial charge >= 0.3 is 0 Å². The molecule has 2 N–H and O–H groups in total. The number of nitrogens with one attached hydrogen (secondary N) is 1. The molecule has 1 unspecified atom stereocenters. The van der Waals surface area contributed by atoms with E-state index in [0.29, 0.717) is 0 Å². The van der Waals surface area contributed by atoms with Crippen molar-refractivity contribution in [1.29, 1.82) is 0 Å². The summed E-state index contributed by atoms with van der Waals surface area (Å²) in [6.07, 6.45) is 4.68. The fourth-order valence-corrected chi connectivity index (χ4v) is 2.81. The summed E-state index contributed by atoms with van der Waals surface area (Å²) in [7, 11) is 0. The largest absolute Gasteiger partial charge is 0.393 e. The lowest BCUT2D eigenvalue weighted by molar-refractivity contribution is -0.123. The number of carbonyl (C=O) groups excluding carboxylic acids is 1. The summed E-state index contributed by atoms with van der Waals surface area (Å²) in [4.78, 5) is 14.0. The van der Waals surface area contributed by atoms with E-state index in [0.717, 1.165) is 51.2 Å². The van der Waals surface area contributed by atoms with Gasteiger partial charge in [0.25, 0.3) is 0 Å². The summed E-state index contributed by atoms with van der Waals surface area (Å²) in [6, 6.07) is 0. The van der Waals surface area contributed by atoms with Crippen LogP contribution in [0.15, 0.2) is 0 Å². The van der Waals surface area contributed by atoms with Gasteiger partial charge in [0.15, 0.2) is 0 Å². The van der Waals surface area contributed by atoms with Gasteiger partial charge in [-0.1, -0.05) is 6.92 Å². The van der Waals surface area contributed by atoms with E-state index in [2.05, 4.69) is 10.2 Å². The number of hydrogen-bond donors (Lipinski definition) is 2. The Morgan fingerprint density at radius 3 is 2.78 bits per heavy atom. The molecule has 1 aliphatic heterocycles. The van der Waals surface area contributed by atoms with Crippen LogP contribution in [0.4, 0.5) is 0 Å². The number of hydrogen-bond acceptors (Lipinski definition) is 4. The van der Waals surface area contributed by atoms with Crippen molar-refractivity contribution in [2.45, 2.75) is 32.3 Å². The first-order chi connectivity index (χ1) is 8.63. The molecule has 18 heavy (non-hydrogen) atoms. The zero-order valence-electron chi connectivity index (χ0n) is 11.5. The lowest BCUT2D eigenvalue weighted by Gasteiger charge is -2.29. The van der Waals surface area contributed by atoms with Gasteiger partial charge in [0.05, 0.1) is 6.10 Å². The van der Waals surface area contributed by atoms with Crippen LogP contribution in [0.2, 0.25) is 0 Å². The standard InChI is InChI=1S/C13H26N2O2S/c1-11(10-18-2)13(17)14-6-3-7-15-8-4-12(16)5-9-15/h11-12,16H,3-10H2,1-2H3,(H,14,17). The van der Waals surface area contributed by atoms with Crippen LogP contribution in [0, 0.1) is 5.92 Å². The van der Waals surface area contributed by atoms with Crippen molar-refractivity contribution >= 4 is 17.7 Å². The number of thioether (sulfide) groups is 1. The Labute approximate surface area is 115 Å². The molecule has 0 radical (unpaired) electrons. The molecule has 0 aromatic rings. The molecule has 0 saturated carbocycles. The number of nitrogens with zero attached hydrogens (tertiary/aromatic N) is 1. The second-order valence-corrected chi connectivity index (χ2v) is 5.98. The summed E-state index contributed by atoms with van der Waals surface area (Å²) < 4.78 is 0. The molecule has 4 nitrogen and oxygen atoms in total. The normalized spacial score (nSPS) is 19.7. The van der Waals surface area contributed by atoms with E-state index in [9.17, 15) is 9.90 Å². The number of carbonyl (C=O) groups is 1. The predicted molar refractivity (Wildman–Crippen MR) is 76.9 cm³/mol. The average molecular weight is 274 g/mol. The lowest BCUT2D eigenvalue weighted by Crippen LogP contribution is -2.38. The van der Waals surface area contributed by atoms with Gasteiger partial charge in [-0.3, -0.25) is 4.79 Å². The molecular formula is C13H26N2O2S. The molecule has 1 rings (SSSR count). The highest BCUT2D eigenvalue weighted by Gasteiger charge is 2.16. The Bertz CT molecular complexity index is 243. The number of aliphatic hydroxyl groups excluding tert-OH is 1. The van der Waals surface area contributed by atoms with Gasteiger partial charge < -0.3 is 15.3 Å². The fourth-order valence-electron chi connectivity index (χ4n) is 2.16. The van der Waals surface area contributed by atoms with Gasteiger partial charge in [0.1, 0.15) is 0 Å². The van der Waals surface area contributed by atoms with Crippen LogP contribution in [0.5, 0.6) is 0 Å². The minimum atomic E-state index is -0.103. The molecule has 1 atom stereocenters. The smallest absolute Gasteiger partial charge is 0.223 e. The summed E-state index contributed by atoms with van der Waals surface area (Å²) in [6.45, 7) is 5.72. The second-order valence-electron chi connectivity index (χ2n) is 5.07. The van der Waals surface area contributed by atoms with Gasteiger partial charge in [0, 0.05) is 31.3 Å². The van der Waals surface area contributed by atoms with Crippen molar-refractivity contribution in [1.82, 2.24) is 10.2 Å². The maximum Gasteiger partial charge on any atom is 0.223 e. The monoisotopic (exact) mass is 274 g/mol. The predicted octanol–water partition coefficient (Wildman–Crippen LogP) is 0.948. The van der Waals surface area contributed by atoms with Crippen molar-refractivity contribution < 1.29 is 9.90 Å². The van der Waals surface area contributed by atoms with E-state index in [1.807, 2.05) is 13.2 Å². The molecule has 0 aromatic carbocycles. The number of rotatable bonds is 7. The van der Waals surface area contributed by atoms with E-state index < -0.39 is 0 Å². The van der Waals surface area contributed by atoms with Gasteiger partial charge in [-0.05, 0) is 32.1 Å². The third-order valence-electron chi connectivity index (χ3n) is 3.37. The van der Waals surface area contributed by atoms with Crippen molar-refractivity contribution in [3.8, 4) is 0 Å². The first-order valence-corrected chi connectivity index (χ1v) is 8.20. The van der Waals surface area contributed by atoms with E-state index in [1.54, 1.807) is 11.8 Å². The minimum Gasteiger partial charge on any atom is -0.393 e. The zero-order chi connectivity index (χ0) is 13.4. The molecule has 0 aromatic heterocycles. The van der Waals surface area contributed by atoms with Crippen LogP contribution in [-0.2, 0) is 4.79 Å². The molecule has 0 aliphatic carbocycles. The van der Waals surface area contributed by atoms with Gasteiger partial charge in [-0.2, -0.15) is 11.8 Å². The Kier molecular flexibility index (Phi) is 7.70. The Morgan fingerprint density at radius 2 is 2.17 bits per heavy atom. The maximum absolute atomic E-state index is 11.7. The summed E-state index contributed by atoms with van der Waals surface area (Å²) in [5.41, 5.74) is 0. The van der Waals surface area contributed by atoms with Crippen molar-refractivity contribution in [3.05, 3.63) is 0 Å². The highest BCUT2D eigenvalue weighted by molar-refractivity contribution is 7.98. The summed E-state index contributed by atoms with van der Waals surface area (Å²) >= 11 is 1.71. The average Bonchev–Trinajstić information content (AvgIpc) is 2.36. The van der Waals surface area contributed by atoms with Crippen molar-refractivity contribution in [3.63, 3.8) is 0 Å². The first-order valence-electron chi connectivity index (χ1n) is 6.80. The van der Waals surface area contributed by atoms with Crippen molar-refractivity contribution in [2.24, 2.45) is 5.92 Å². The molecule has 0 bridgehead atoms. The van der Waals surface area contributed by atoms with E-state index in [-0.39, 0.29) is 17.9 Å². The first kappa shape index (κ1) is 15.8. The Hall–Kier alpha value is -0.260. The molecule has 1 amide bonds. The lowest BCUT2D eigenvalue weighted by atomic mass is 10.1. The van der Waals surface area contributed by atoms with Crippen LogP contribution in [0.25, 0.3) is 0 Å². The van der Waals surface area contributed by atoms with Gasteiger partial charge in [-0.25, -0.2) is 0 Å². The Balaban J connectivity index is 2.02. The highest BCUT2D eigenvalue weighted by Crippen LogP contribution is 2.09. The highest BCUT2D eigenvalue weighted by atomic mass is 32.2. The van der Waals surface area contributed by atoms with Crippen LogP contribution in [-0.4, -0.2) is 60.2 Å². The Morgan fingerprint density at radius 1 is 1.50 bits per heavy atom.